The van der Waals surface area contributed by atoms with Crippen LogP contribution in [0, 0.1) is 5.41 Å². The molecule has 0 aromatic rings. The summed E-state index contributed by atoms with van der Waals surface area (Å²) in [6, 6.07) is -1.37. The van der Waals surface area contributed by atoms with E-state index in [1.165, 1.54) is 4.90 Å². The highest BCUT2D eigenvalue weighted by Crippen LogP contribution is 2.19. The zero-order chi connectivity index (χ0) is 15.5. The number of hydrogen-bond donors (Lipinski definition) is 3. The smallest absolute Gasteiger partial charge is 0.326 e. The van der Waals surface area contributed by atoms with E-state index in [2.05, 4.69) is 5.32 Å². The summed E-state index contributed by atoms with van der Waals surface area (Å²) < 4.78 is 0. The monoisotopic (exact) mass is 287 g/mol. The van der Waals surface area contributed by atoms with Crippen LogP contribution in [0.2, 0.25) is 0 Å². The lowest BCUT2D eigenvalue weighted by atomic mass is 9.93. The van der Waals surface area contributed by atoms with Gasteiger partial charge < -0.3 is 25.3 Å². The first-order valence-corrected chi connectivity index (χ1v) is 6.72. The van der Waals surface area contributed by atoms with E-state index in [1.54, 1.807) is 0 Å². The lowest BCUT2D eigenvalue weighted by Gasteiger charge is -2.30. The van der Waals surface area contributed by atoms with Crippen molar-refractivity contribution >= 4 is 12.0 Å². The molecule has 0 saturated carbocycles. The molecule has 1 aliphatic rings. The molecule has 3 N–H and O–H groups in total. The maximum atomic E-state index is 12.1. The number of nitrogens with zero attached hydrogens (tertiary/aromatic N) is 2. The number of β-amino-alcohol motifs (C(OH)–C–C–N with tert-alkyl or cyclic N) is 1. The zero-order valence-corrected chi connectivity index (χ0v) is 12.6. The number of hydrogen-bond acceptors (Lipinski definition) is 4. The first kappa shape index (κ1) is 16.7. The fourth-order valence-corrected chi connectivity index (χ4v) is 2.60. The number of aliphatic carboxylic acids is 1. The normalized spacial score (nSPS) is 23.2. The van der Waals surface area contributed by atoms with E-state index in [0.29, 0.717) is 6.54 Å². The van der Waals surface area contributed by atoms with Crippen LogP contribution < -0.4 is 5.32 Å². The minimum Gasteiger partial charge on any atom is -0.480 e. The van der Waals surface area contributed by atoms with Crippen molar-refractivity contribution in [3.8, 4) is 0 Å². The largest absolute Gasteiger partial charge is 0.480 e. The minimum atomic E-state index is -1.08. The minimum absolute atomic E-state index is 0.0664. The van der Waals surface area contributed by atoms with Crippen molar-refractivity contribution < 1.29 is 19.8 Å². The van der Waals surface area contributed by atoms with Gasteiger partial charge in [0.1, 0.15) is 6.04 Å². The Morgan fingerprint density at radius 1 is 1.40 bits per heavy atom. The second kappa shape index (κ2) is 6.41. The number of carboxylic acids is 1. The number of rotatable bonds is 5. The van der Waals surface area contributed by atoms with E-state index in [4.69, 9.17) is 5.11 Å². The standard InChI is InChI=1S/C13H25N3O4/c1-13(2,8-15(3)4)7-14-12(20)16-6-9(17)5-10(16)11(18)19/h9-10,17H,5-8H2,1-4H3,(H,14,20)(H,18,19)/t9-,10-/m1/s1. The van der Waals surface area contributed by atoms with E-state index in [0.717, 1.165) is 6.54 Å². The molecule has 0 aromatic heterocycles. The van der Waals surface area contributed by atoms with E-state index in [-0.39, 0.29) is 18.4 Å². The van der Waals surface area contributed by atoms with Gasteiger partial charge in [0.05, 0.1) is 6.10 Å². The van der Waals surface area contributed by atoms with Gasteiger partial charge in [-0.05, 0) is 19.5 Å². The summed E-state index contributed by atoms with van der Waals surface area (Å²) >= 11 is 0. The number of carboxylic acid groups (broad SMARTS) is 1. The second-order valence-electron chi connectivity index (χ2n) is 6.46. The fraction of sp³-hybridized carbons (Fsp3) is 0.846. The van der Waals surface area contributed by atoms with Crippen LogP contribution in [0.15, 0.2) is 0 Å². The number of aliphatic hydroxyl groups excluding tert-OH is 1. The number of carbonyl (C=O) groups is 2. The fourth-order valence-electron chi connectivity index (χ4n) is 2.60. The maximum Gasteiger partial charge on any atom is 0.326 e. The van der Waals surface area contributed by atoms with E-state index < -0.39 is 24.1 Å². The van der Waals surface area contributed by atoms with Crippen LogP contribution in [0.5, 0.6) is 0 Å². The average molecular weight is 287 g/mol. The van der Waals surface area contributed by atoms with Crippen molar-refractivity contribution in [1.29, 1.82) is 0 Å². The number of likely N-dealkylation sites (tertiary alicyclic amines) is 1. The Morgan fingerprint density at radius 3 is 2.50 bits per heavy atom. The van der Waals surface area contributed by atoms with E-state index in [1.807, 2.05) is 32.8 Å². The van der Waals surface area contributed by atoms with Gasteiger partial charge in [-0.15, -0.1) is 0 Å². The number of carbonyl (C=O) groups excluding carboxylic acids is 1. The molecule has 0 aliphatic carbocycles. The molecule has 1 rings (SSSR count). The topological polar surface area (TPSA) is 93.1 Å². The van der Waals surface area contributed by atoms with Crippen LogP contribution >= 0.6 is 0 Å². The Balaban J connectivity index is 2.56. The maximum absolute atomic E-state index is 12.1. The lowest BCUT2D eigenvalue weighted by molar-refractivity contribution is -0.141. The van der Waals surface area contributed by atoms with Gasteiger partial charge in [-0.3, -0.25) is 0 Å². The van der Waals surface area contributed by atoms with Crippen molar-refractivity contribution in [1.82, 2.24) is 15.1 Å². The van der Waals surface area contributed by atoms with Crippen LogP contribution in [0.3, 0.4) is 0 Å². The summed E-state index contributed by atoms with van der Waals surface area (Å²) in [5.41, 5.74) is -0.115. The SMILES string of the molecule is CN(C)CC(C)(C)CNC(=O)N1C[C@H](O)C[C@@H]1C(=O)O. The van der Waals surface area contributed by atoms with Crippen molar-refractivity contribution in [3.05, 3.63) is 0 Å². The van der Waals surface area contributed by atoms with E-state index in [9.17, 15) is 14.7 Å². The van der Waals surface area contributed by atoms with E-state index >= 15 is 0 Å². The molecule has 1 heterocycles. The van der Waals surface area contributed by atoms with Gasteiger partial charge in [-0.1, -0.05) is 13.8 Å². The van der Waals surface area contributed by atoms with Crippen LogP contribution in [0.1, 0.15) is 20.3 Å². The number of amides is 2. The zero-order valence-electron chi connectivity index (χ0n) is 12.6. The quantitative estimate of drug-likeness (QED) is 0.651. The Hall–Kier alpha value is -1.34. The molecule has 2 amide bonds. The molecule has 1 fully saturated rings. The van der Waals surface area contributed by atoms with Gasteiger partial charge in [0, 0.05) is 26.1 Å². The third-order valence-electron chi connectivity index (χ3n) is 3.29. The molecule has 20 heavy (non-hydrogen) atoms. The molecular formula is C13H25N3O4. The molecule has 0 radical (unpaired) electrons. The van der Waals surface area contributed by atoms with Gasteiger partial charge >= 0.3 is 12.0 Å². The molecule has 1 saturated heterocycles. The molecule has 116 valence electrons. The Labute approximate surface area is 119 Å². The summed E-state index contributed by atoms with van der Waals surface area (Å²) in [5.74, 6) is -1.08. The van der Waals surface area contributed by atoms with Gasteiger partial charge in [-0.2, -0.15) is 0 Å². The third kappa shape index (κ3) is 4.64. The highest BCUT2D eigenvalue weighted by molar-refractivity contribution is 5.83. The summed E-state index contributed by atoms with van der Waals surface area (Å²) in [4.78, 5) is 26.4. The number of nitrogens with one attached hydrogen (secondary N) is 1. The first-order valence-electron chi connectivity index (χ1n) is 6.72. The average Bonchev–Trinajstić information content (AvgIpc) is 2.67. The molecule has 1 aliphatic heterocycles. The summed E-state index contributed by atoms with van der Waals surface area (Å²) in [6.45, 7) is 5.37. The Kier molecular flexibility index (Phi) is 5.35. The predicted octanol–water partition coefficient (Wildman–Crippen LogP) is -0.196. The van der Waals surface area contributed by atoms with Crippen molar-refractivity contribution in [2.24, 2.45) is 5.41 Å². The van der Waals surface area contributed by atoms with Crippen molar-refractivity contribution in [3.63, 3.8) is 0 Å². The highest BCUT2D eigenvalue weighted by atomic mass is 16.4. The van der Waals surface area contributed by atoms with Gasteiger partial charge in [-0.25, -0.2) is 9.59 Å². The molecule has 0 bridgehead atoms. The van der Waals surface area contributed by atoms with Crippen LogP contribution in [-0.2, 0) is 4.79 Å². The van der Waals surface area contributed by atoms with Gasteiger partial charge in [0.15, 0.2) is 0 Å². The van der Waals surface area contributed by atoms with Crippen LogP contribution in [-0.4, -0.2) is 77.9 Å². The molecule has 0 spiro atoms. The van der Waals surface area contributed by atoms with Crippen LogP contribution in [0.4, 0.5) is 4.79 Å². The lowest BCUT2D eigenvalue weighted by Crippen LogP contribution is -2.49. The number of aliphatic hydroxyl groups is 1. The van der Waals surface area contributed by atoms with Gasteiger partial charge in [0.2, 0.25) is 0 Å². The van der Waals surface area contributed by atoms with Crippen LogP contribution in [0.25, 0.3) is 0 Å². The Bertz CT molecular complexity index is 371. The number of urea groups is 1. The summed E-state index contributed by atoms with van der Waals surface area (Å²) in [5, 5.41) is 21.3. The summed E-state index contributed by atoms with van der Waals surface area (Å²) in [7, 11) is 3.92. The predicted molar refractivity (Wildman–Crippen MR) is 74.5 cm³/mol. The van der Waals surface area contributed by atoms with Gasteiger partial charge in [0.25, 0.3) is 0 Å². The Morgan fingerprint density at radius 2 is 2.00 bits per heavy atom. The van der Waals surface area contributed by atoms with Crippen molar-refractivity contribution in [2.75, 3.05) is 33.7 Å². The molecule has 7 heteroatoms. The third-order valence-corrected chi connectivity index (χ3v) is 3.29. The van der Waals surface area contributed by atoms with Crippen molar-refractivity contribution in [2.45, 2.75) is 32.4 Å². The first-order chi connectivity index (χ1) is 9.12. The molecule has 7 nitrogen and oxygen atoms in total. The molecule has 0 aromatic carbocycles. The highest BCUT2D eigenvalue weighted by Gasteiger charge is 2.39. The summed E-state index contributed by atoms with van der Waals surface area (Å²) in [6.07, 6.45) is -0.680. The second-order valence-corrected chi connectivity index (χ2v) is 6.46. The molecule has 2 atom stereocenters. The molecule has 0 unspecified atom stereocenters. The molecular weight excluding hydrogens is 262 g/mol.